The Kier molecular flexibility index (Phi) is 7.70. The van der Waals surface area contributed by atoms with E-state index in [1.54, 1.807) is 4.90 Å². The Hall–Kier alpha value is -3.39. The summed E-state index contributed by atoms with van der Waals surface area (Å²) in [4.78, 5) is 40.6. The molecule has 35 heavy (non-hydrogen) atoms. The molecule has 0 spiro atoms. The first-order chi connectivity index (χ1) is 16.8. The summed E-state index contributed by atoms with van der Waals surface area (Å²) < 4.78 is 5.64. The summed E-state index contributed by atoms with van der Waals surface area (Å²) in [5, 5.41) is 11.8. The van der Waals surface area contributed by atoms with Gasteiger partial charge in [-0.1, -0.05) is 48.5 Å². The van der Waals surface area contributed by atoms with Gasteiger partial charge in [-0.2, -0.15) is 0 Å². The second kappa shape index (κ2) is 10.9. The number of alkyl carbamates (subject to hydrolysis) is 1. The lowest BCUT2D eigenvalue weighted by Crippen LogP contribution is -2.53. The molecular weight excluding hydrogens is 446 g/mol. The number of nitrogens with one attached hydrogen (secondary N) is 1. The molecule has 0 aromatic heterocycles. The lowest BCUT2D eigenvalue weighted by atomic mass is 9.98. The molecule has 2 aliphatic rings. The highest BCUT2D eigenvalue weighted by Gasteiger charge is 2.33. The molecule has 0 radical (unpaired) electrons. The van der Waals surface area contributed by atoms with Crippen LogP contribution in [0.1, 0.15) is 36.3 Å². The van der Waals surface area contributed by atoms with E-state index >= 15 is 0 Å². The minimum absolute atomic E-state index is 0.0712. The average Bonchev–Trinajstić information content (AvgIpc) is 3.60. The number of carboxylic acid groups (broad SMARTS) is 1. The predicted molar refractivity (Wildman–Crippen MR) is 132 cm³/mol. The third-order valence-electron chi connectivity index (χ3n) is 6.56. The van der Waals surface area contributed by atoms with Gasteiger partial charge in [0.05, 0.1) is 6.42 Å². The molecule has 8 heteroatoms. The van der Waals surface area contributed by atoms with Crippen molar-refractivity contribution in [3.63, 3.8) is 0 Å². The summed E-state index contributed by atoms with van der Waals surface area (Å²) >= 11 is 0. The Morgan fingerprint density at radius 3 is 2.17 bits per heavy atom. The fraction of sp³-hybridized carbons (Fsp3) is 0.444. The number of carbonyl (C=O) groups is 3. The first-order valence-electron chi connectivity index (χ1n) is 12.1. The van der Waals surface area contributed by atoms with E-state index in [2.05, 4.69) is 29.6 Å². The van der Waals surface area contributed by atoms with E-state index in [0.717, 1.165) is 35.1 Å². The third-order valence-corrected chi connectivity index (χ3v) is 6.56. The number of ether oxygens (including phenoxy) is 1. The molecule has 1 saturated carbocycles. The maximum Gasteiger partial charge on any atom is 0.407 e. The van der Waals surface area contributed by atoms with Gasteiger partial charge in [-0.3, -0.25) is 9.59 Å². The zero-order valence-electron chi connectivity index (χ0n) is 20.3. The summed E-state index contributed by atoms with van der Waals surface area (Å²) in [6.07, 6.45) is 1.29. The van der Waals surface area contributed by atoms with Crippen molar-refractivity contribution in [3.8, 4) is 11.1 Å². The molecular formula is C27H33N3O5. The predicted octanol–water partition coefficient (Wildman–Crippen LogP) is 3.17. The smallest absolute Gasteiger partial charge is 0.407 e. The molecule has 2 aromatic rings. The summed E-state index contributed by atoms with van der Waals surface area (Å²) in [6, 6.07) is 15.4. The van der Waals surface area contributed by atoms with Crippen molar-refractivity contribution in [2.45, 2.75) is 31.2 Å². The van der Waals surface area contributed by atoms with Gasteiger partial charge in [-0.15, -0.1) is 0 Å². The number of benzene rings is 2. The van der Waals surface area contributed by atoms with Crippen LogP contribution >= 0.6 is 0 Å². The van der Waals surface area contributed by atoms with E-state index in [0.29, 0.717) is 12.5 Å². The van der Waals surface area contributed by atoms with Gasteiger partial charge in [0, 0.05) is 25.6 Å². The highest BCUT2D eigenvalue weighted by atomic mass is 16.5. The molecule has 1 fully saturated rings. The number of carbonyl (C=O) groups excluding carboxylic acids is 2. The fourth-order valence-electron chi connectivity index (χ4n) is 4.69. The van der Waals surface area contributed by atoms with E-state index in [4.69, 9.17) is 9.84 Å². The minimum Gasteiger partial charge on any atom is -0.481 e. The van der Waals surface area contributed by atoms with Crippen LogP contribution in [-0.2, 0) is 14.3 Å². The minimum atomic E-state index is -0.952. The van der Waals surface area contributed by atoms with Crippen molar-refractivity contribution in [1.82, 2.24) is 15.1 Å². The molecule has 2 aliphatic carbocycles. The molecule has 0 unspecified atom stereocenters. The quantitative estimate of drug-likeness (QED) is 0.514. The molecule has 2 N–H and O–H groups in total. The summed E-state index contributed by atoms with van der Waals surface area (Å²) in [6.45, 7) is 1.09. The van der Waals surface area contributed by atoms with Crippen molar-refractivity contribution in [2.75, 3.05) is 40.3 Å². The molecule has 0 heterocycles. The van der Waals surface area contributed by atoms with Gasteiger partial charge in [0.1, 0.15) is 12.6 Å². The van der Waals surface area contributed by atoms with Crippen molar-refractivity contribution < 1.29 is 24.2 Å². The second-order valence-electron chi connectivity index (χ2n) is 9.66. The Bertz CT molecular complexity index is 1040. The maximum atomic E-state index is 13.3. The third kappa shape index (κ3) is 6.19. The fourth-order valence-corrected chi connectivity index (χ4v) is 4.69. The number of amides is 2. The van der Waals surface area contributed by atoms with Gasteiger partial charge in [0.2, 0.25) is 5.91 Å². The number of rotatable bonds is 11. The van der Waals surface area contributed by atoms with Gasteiger partial charge in [-0.25, -0.2) is 4.79 Å². The van der Waals surface area contributed by atoms with Crippen LogP contribution in [0.2, 0.25) is 0 Å². The van der Waals surface area contributed by atoms with Gasteiger partial charge in [-0.05, 0) is 55.1 Å². The Balaban J connectivity index is 1.42. The normalized spacial score (nSPS) is 15.3. The number of nitrogens with zero attached hydrogens (tertiary/aromatic N) is 2. The number of hydrogen-bond donors (Lipinski definition) is 2. The van der Waals surface area contributed by atoms with Crippen molar-refractivity contribution in [2.24, 2.45) is 5.92 Å². The van der Waals surface area contributed by atoms with Gasteiger partial charge in [0.15, 0.2) is 0 Å². The van der Waals surface area contributed by atoms with Crippen LogP contribution < -0.4 is 5.32 Å². The van der Waals surface area contributed by atoms with Gasteiger partial charge in [0.25, 0.3) is 0 Å². The van der Waals surface area contributed by atoms with Crippen molar-refractivity contribution in [1.29, 1.82) is 0 Å². The van der Waals surface area contributed by atoms with E-state index in [1.807, 2.05) is 43.3 Å². The van der Waals surface area contributed by atoms with Crippen molar-refractivity contribution in [3.05, 3.63) is 59.7 Å². The molecule has 186 valence electrons. The summed E-state index contributed by atoms with van der Waals surface area (Å²) in [5.74, 6) is -0.895. The van der Waals surface area contributed by atoms with Crippen LogP contribution in [0.15, 0.2) is 48.5 Å². The number of hydrogen-bond acceptors (Lipinski definition) is 5. The molecule has 0 bridgehead atoms. The van der Waals surface area contributed by atoms with E-state index in [-0.39, 0.29) is 37.9 Å². The zero-order valence-corrected chi connectivity index (χ0v) is 20.3. The molecule has 8 nitrogen and oxygen atoms in total. The van der Waals surface area contributed by atoms with Crippen LogP contribution in [0.4, 0.5) is 4.79 Å². The van der Waals surface area contributed by atoms with E-state index in [9.17, 15) is 14.4 Å². The number of fused-ring (bicyclic) bond motifs is 3. The van der Waals surface area contributed by atoms with Crippen LogP contribution in [0.25, 0.3) is 11.1 Å². The number of likely N-dealkylation sites (N-methyl/N-ethyl adjacent to an activating group) is 1. The van der Waals surface area contributed by atoms with E-state index in [1.165, 1.54) is 0 Å². The summed E-state index contributed by atoms with van der Waals surface area (Å²) in [5.41, 5.74) is 4.53. The van der Waals surface area contributed by atoms with Crippen molar-refractivity contribution >= 4 is 18.0 Å². The maximum absolute atomic E-state index is 13.3. The Labute approximate surface area is 205 Å². The van der Waals surface area contributed by atoms with E-state index < -0.39 is 18.1 Å². The standard InChI is InChI=1S/C27H33N3O5/c1-29(2)16-24(26(33)30(14-13-25(31)32)15-18-11-12-18)28-27(34)35-17-23-21-9-5-3-7-19(21)20-8-4-6-10-22(20)23/h3-10,18,23-24H,11-17H2,1-2H3,(H,28,34)(H,31,32)/t24-/m0/s1. The molecule has 4 rings (SSSR count). The Morgan fingerprint density at radius 1 is 1.03 bits per heavy atom. The van der Waals surface area contributed by atoms with Crippen LogP contribution in [0, 0.1) is 5.92 Å². The molecule has 2 amide bonds. The monoisotopic (exact) mass is 479 g/mol. The Morgan fingerprint density at radius 2 is 1.63 bits per heavy atom. The SMILES string of the molecule is CN(C)C[C@H](NC(=O)OCC1c2ccccc2-c2ccccc21)C(=O)N(CCC(=O)O)CC1CC1. The topological polar surface area (TPSA) is 99.2 Å². The molecule has 0 saturated heterocycles. The number of carboxylic acids is 1. The molecule has 1 atom stereocenters. The first-order valence-corrected chi connectivity index (χ1v) is 12.1. The first kappa shape index (κ1) is 24.7. The van der Waals surface area contributed by atoms with Gasteiger partial charge < -0.3 is 25.0 Å². The number of aliphatic carboxylic acids is 1. The van der Waals surface area contributed by atoms with Crippen LogP contribution in [0.5, 0.6) is 0 Å². The highest BCUT2D eigenvalue weighted by Crippen LogP contribution is 2.44. The molecule has 0 aliphatic heterocycles. The lowest BCUT2D eigenvalue weighted by Gasteiger charge is -2.29. The van der Waals surface area contributed by atoms with Crippen LogP contribution in [0.3, 0.4) is 0 Å². The summed E-state index contributed by atoms with van der Waals surface area (Å²) in [7, 11) is 3.64. The average molecular weight is 480 g/mol. The second-order valence-corrected chi connectivity index (χ2v) is 9.66. The largest absolute Gasteiger partial charge is 0.481 e. The molecule has 2 aromatic carbocycles. The van der Waals surface area contributed by atoms with Gasteiger partial charge >= 0.3 is 12.1 Å². The highest BCUT2D eigenvalue weighted by molar-refractivity contribution is 5.86. The zero-order chi connectivity index (χ0) is 24.9. The lowest BCUT2D eigenvalue weighted by molar-refractivity contribution is -0.139. The van der Waals surface area contributed by atoms with Crippen LogP contribution in [-0.4, -0.2) is 79.3 Å².